The average Bonchev–Trinajstić information content (AvgIpc) is 2.30. The quantitative estimate of drug-likeness (QED) is 0.539. The zero-order chi connectivity index (χ0) is 13.3. The Morgan fingerprint density at radius 2 is 1.82 bits per heavy atom. The molecule has 100 valence electrons. The normalized spacial score (nSPS) is 12.3. The van der Waals surface area contributed by atoms with Crippen molar-refractivity contribution >= 4 is 11.8 Å². The first-order valence-corrected chi connectivity index (χ1v) is 6.29. The summed E-state index contributed by atoms with van der Waals surface area (Å²) in [5.74, 6) is -0.364. The zero-order valence-corrected chi connectivity index (χ0v) is 11.1. The Morgan fingerprint density at radius 1 is 1.18 bits per heavy atom. The molecule has 5 heteroatoms. The average molecular weight is 243 g/mol. The molecule has 0 aliphatic heterocycles. The Bertz CT molecular complexity index is 242. The van der Waals surface area contributed by atoms with E-state index in [9.17, 15) is 9.59 Å². The van der Waals surface area contributed by atoms with Gasteiger partial charge in [-0.2, -0.15) is 0 Å². The van der Waals surface area contributed by atoms with Crippen LogP contribution in [0.1, 0.15) is 40.0 Å². The lowest BCUT2D eigenvalue weighted by Gasteiger charge is -2.15. The number of carbonyl (C=O) groups excluding carboxylic acids is 2. The van der Waals surface area contributed by atoms with Crippen LogP contribution in [-0.4, -0.2) is 30.9 Å². The third-order valence-electron chi connectivity index (χ3n) is 2.55. The molecule has 0 unspecified atom stereocenters. The van der Waals surface area contributed by atoms with Crippen LogP contribution < -0.4 is 16.4 Å². The van der Waals surface area contributed by atoms with Gasteiger partial charge in [0.2, 0.25) is 11.8 Å². The third kappa shape index (κ3) is 7.74. The van der Waals surface area contributed by atoms with E-state index < -0.39 is 6.04 Å². The molecule has 0 saturated carbocycles. The van der Waals surface area contributed by atoms with Crippen molar-refractivity contribution in [3.8, 4) is 0 Å². The second kappa shape index (κ2) is 8.98. The Labute approximate surface area is 104 Å². The molecule has 0 spiro atoms. The Balaban J connectivity index is 3.66. The molecule has 0 aromatic rings. The van der Waals surface area contributed by atoms with Crippen LogP contribution >= 0.6 is 0 Å². The van der Waals surface area contributed by atoms with Gasteiger partial charge in [-0.05, 0) is 12.3 Å². The molecule has 4 N–H and O–H groups in total. The summed E-state index contributed by atoms with van der Waals surface area (Å²) in [6.07, 6.45) is 3.20. The van der Waals surface area contributed by atoms with E-state index in [0.717, 1.165) is 19.3 Å². The second-order valence-corrected chi connectivity index (χ2v) is 4.54. The number of carbonyl (C=O) groups is 2. The van der Waals surface area contributed by atoms with Crippen molar-refractivity contribution < 1.29 is 9.59 Å². The van der Waals surface area contributed by atoms with Crippen LogP contribution in [0.3, 0.4) is 0 Å². The topological polar surface area (TPSA) is 84.2 Å². The standard InChI is InChI=1S/C12H25N3O2/c1-4-5-6-7-14-10(16)8-15-12(17)11(13)9(2)3/h9,11H,4-8,13H2,1-3H3,(H,14,16)(H,15,17)/t11-/m0/s1. The van der Waals surface area contributed by atoms with Gasteiger partial charge in [-0.3, -0.25) is 9.59 Å². The highest BCUT2D eigenvalue weighted by Gasteiger charge is 2.17. The molecule has 0 rings (SSSR count). The number of unbranched alkanes of at least 4 members (excludes halogenated alkanes) is 2. The highest BCUT2D eigenvalue weighted by Crippen LogP contribution is 1.97. The molecule has 0 aliphatic rings. The minimum absolute atomic E-state index is 0.00534. The van der Waals surface area contributed by atoms with Gasteiger partial charge in [0.15, 0.2) is 0 Å². The van der Waals surface area contributed by atoms with E-state index in [1.165, 1.54) is 0 Å². The maximum atomic E-state index is 11.4. The molecule has 5 nitrogen and oxygen atoms in total. The first-order valence-electron chi connectivity index (χ1n) is 6.29. The van der Waals surface area contributed by atoms with Gasteiger partial charge in [0.1, 0.15) is 0 Å². The van der Waals surface area contributed by atoms with Crippen molar-refractivity contribution in [3.05, 3.63) is 0 Å². The van der Waals surface area contributed by atoms with Crippen molar-refractivity contribution in [2.24, 2.45) is 11.7 Å². The van der Waals surface area contributed by atoms with E-state index >= 15 is 0 Å². The summed E-state index contributed by atoms with van der Waals surface area (Å²) < 4.78 is 0. The van der Waals surface area contributed by atoms with E-state index in [1.807, 2.05) is 13.8 Å². The van der Waals surface area contributed by atoms with Crippen molar-refractivity contribution in [1.29, 1.82) is 0 Å². The van der Waals surface area contributed by atoms with Crippen LogP contribution in [0, 0.1) is 5.92 Å². The van der Waals surface area contributed by atoms with Gasteiger partial charge < -0.3 is 16.4 Å². The number of hydrogen-bond acceptors (Lipinski definition) is 3. The molecule has 0 heterocycles. The predicted molar refractivity (Wildman–Crippen MR) is 68.4 cm³/mol. The lowest BCUT2D eigenvalue weighted by molar-refractivity contribution is -0.127. The summed E-state index contributed by atoms with van der Waals surface area (Å²) >= 11 is 0. The molecule has 0 radical (unpaired) electrons. The van der Waals surface area contributed by atoms with Crippen LogP contribution in [-0.2, 0) is 9.59 Å². The third-order valence-corrected chi connectivity index (χ3v) is 2.55. The van der Waals surface area contributed by atoms with Gasteiger partial charge >= 0.3 is 0 Å². The Morgan fingerprint density at radius 3 is 2.35 bits per heavy atom. The van der Waals surface area contributed by atoms with Crippen LogP contribution in [0.25, 0.3) is 0 Å². The van der Waals surface area contributed by atoms with Crippen LogP contribution in [0.4, 0.5) is 0 Å². The minimum Gasteiger partial charge on any atom is -0.355 e. The highest BCUT2D eigenvalue weighted by molar-refractivity contribution is 5.87. The summed E-state index contributed by atoms with van der Waals surface area (Å²) in [6, 6.07) is -0.553. The van der Waals surface area contributed by atoms with Crippen LogP contribution in [0.2, 0.25) is 0 Å². The smallest absolute Gasteiger partial charge is 0.239 e. The van der Waals surface area contributed by atoms with Crippen LogP contribution in [0.15, 0.2) is 0 Å². The van der Waals surface area contributed by atoms with E-state index in [2.05, 4.69) is 17.6 Å². The van der Waals surface area contributed by atoms with E-state index in [4.69, 9.17) is 5.73 Å². The van der Waals surface area contributed by atoms with Gasteiger partial charge in [0, 0.05) is 6.54 Å². The molecule has 0 bridgehead atoms. The molecular formula is C12H25N3O2. The molecule has 0 aliphatic carbocycles. The fourth-order valence-electron chi connectivity index (χ4n) is 1.25. The number of hydrogen-bond donors (Lipinski definition) is 3. The molecule has 2 amide bonds. The lowest BCUT2D eigenvalue weighted by Crippen LogP contribution is -2.47. The molecule has 1 atom stereocenters. The maximum Gasteiger partial charge on any atom is 0.239 e. The lowest BCUT2D eigenvalue weighted by atomic mass is 10.1. The zero-order valence-electron chi connectivity index (χ0n) is 11.1. The number of nitrogens with one attached hydrogen (secondary N) is 2. The van der Waals surface area contributed by atoms with Crippen molar-refractivity contribution in [3.63, 3.8) is 0 Å². The Hall–Kier alpha value is -1.10. The van der Waals surface area contributed by atoms with Crippen molar-refractivity contribution in [2.75, 3.05) is 13.1 Å². The fourth-order valence-corrected chi connectivity index (χ4v) is 1.25. The predicted octanol–water partition coefficient (Wildman–Crippen LogP) is 0.392. The van der Waals surface area contributed by atoms with E-state index in [-0.39, 0.29) is 24.3 Å². The molecule has 0 fully saturated rings. The molecule has 0 aromatic heterocycles. The number of amides is 2. The van der Waals surface area contributed by atoms with Gasteiger partial charge in [0.25, 0.3) is 0 Å². The van der Waals surface area contributed by atoms with Gasteiger partial charge in [0.05, 0.1) is 12.6 Å². The van der Waals surface area contributed by atoms with Gasteiger partial charge in [-0.25, -0.2) is 0 Å². The van der Waals surface area contributed by atoms with Crippen LogP contribution in [0.5, 0.6) is 0 Å². The van der Waals surface area contributed by atoms with E-state index in [1.54, 1.807) is 0 Å². The summed E-state index contributed by atoms with van der Waals surface area (Å²) in [4.78, 5) is 22.8. The first-order chi connectivity index (χ1) is 7.99. The summed E-state index contributed by atoms with van der Waals surface area (Å²) in [5.41, 5.74) is 5.64. The van der Waals surface area contributed by atoms with Crippen molar-refractivity contribution in [1.82, 2.24) is 10.6 Å². The number of rotatable bonds is 8. The minimum atomic E-state index is -0.553. The van der Waals surface area contributed by atoms with E-state index in [0.29, 0.717) is 6.54 Å². The summed E-state index contributed by atoms with van der Waals surface area (Å²) in [6.45, 7) is 6.52. The SMILES string of the molecule is CCCCCNC(=O)CNC(=O)[C@@H](N)C(C)C. The van der Waals surface area contributed by atoms with Crippen molar-refractivity contribution in [2.45, 2.75) is 46.1 Å². The highest BCUT2D eigenvalue weighted by atomic mass is 16.2. The molecule has 17 heavy (non-hydrogen) atoms. The van der Waals surface area contributed by atoms with Gasteiger partial charge in [-0.15, -0.1) is 0 Å². The first kappa shape index (κ1) is 15.9. The summed E-state index contributed by atoms with van der Waals surface area (Å²) in [5, 5.41) is 5.27. The summed E-state index contributed by atoms with van der Waals surface area (Å²) in [7, 11) is 0. The van der Waals surface area contributed by atoms with Gasteiger partial charge in [-0.1, -0.05) is 33.6 Å². The second-order valence-electron chi connectivity index (χ2n) is 4.54. The molecule has 0 saturated heterocycles. The number of nitrogens with two attached hydrogens (primary N) is 1. The largest absolute Gasteiger partial charge is 0.355 e. The molecular weight excluding hydrogens is 218 g/mol. The molecule has 0 aromatic carbocycles. The monoisotopic (exact) mass is 243 g/mol. The Kier molecular flexibility index (Phi) is 8.40. The fraction of sp³-hybridized carbons (Fsp3) is 0.833. The maximum absolute atomic E-state index is 11.4.